The van der Waals surface area contributed by atoms with Crippen LogP contribution >= 0.6 is 0 Å². The van der Waals surface area contributed by atoms with E-state index in [1.165, 1.54) is 0 Å². The number of benzene rings is 1. The first-order valence-electron chi connectivity index (χ1n) is 6.81. The van der Waals surface area contributed by atoms with Gasteiger partial charge in [0.1, 0.15) is 5.56 Å². The first kappa shape index (κ1) is 14.3. The molecule has 0 fully saturated rings. The van der Waals surface area contributed by atoms with Crippen molar-refractivity contribution in [3.63, 3.8) is 0 Å². The second kappa shape index (κ2) is 6.37. The van der Waals surface area contributed by atoms with E-state index in [9.17, 15) is 4.79 Å². The minimum Gasteiger partial charge on any atom is -0.477 e. The predicted molar refractivity (Wildman–Crippen MR) is 78.0 cm³/mol. The van der Waals surface area contributed by atoms with Crippen LogP contribution in [0.25, 0.3) is 10.9 Å². The van der Waals surface area contributed by atoms with E-state index in [-0.39, 0.29) is 0 Å². The first-order valence-corrected chi connectivity index (χ1v) is 6.81. The number of rotatable bonds is 5. The van der Waals surface area contributed by atoms with Crippen LogP contribution in [0.4, 0.5) is 0 Å². The zero-order valence-corrected chi connectivity index (χ0v) is 12.1. The summed E-state index contributed by atoms with van der Waals surface area (Å²) in [7, 11) is 0. The van der Waals surface area contributed by atoms with Crippen LogP contribution in [-0.4, -0.2) is 24.2 Å². The fourth-order valence-corrected chi connectivity index (χ4v) is 1.81. The van der Waals surface area contributed by atoms with Gasteiger partial charge in [0, 0.05) is 5.39 Å². The molecule has 0 radical (unpaired) electrons. The fourth-order valence-electron chi connectivity index (χ4n) is 1.81. The Labute approximate surface area is 118 Å². The summed E-state index contributed by atoms with van der Waals surface area (Å²) in [5.74, 6) is 0.304. The maximum absolute atomic E-state index is 12.0. The molecule has 4 nitrogen and oxygen atoms in total. The lowest BCUT2D eigenvalue weighted by Gasteiger charge is -2.12. The van der Waals surface area contributed by atoms with E-state index in [0.29, 0.717) is 30.6 Å². The summed E-state index contributed by atoms with van der Waals surface area (Å²) in [6.07, 6.45) is 0. The highest BCUT2D eigenvalue weighted by molar-refractivity contribution is 5.96. The van der Waals surface area contributed by atoms with Crippen LogP contribution in [0, 0.1) is 5.92 Å². The van der Waals surface area contributed by atoms with Crippen LogP contribution in [0.1, 0.15) is 31.1 Å². The van der Waals surface area contributed by atoms with Crippen molar-refractivity contribution in [2.45, 2.75) is 20.8 Å². The molecule has 2 rings (SSSR count). The third-order valence-electron chi connectivity index (χ3n) is 2.74. The molecule has 0 saturated carbocycles. The zero-order chi connectivity index (χ0) is 14.5. The van der Waals surface area contributed by atoms with Gasteiger partial charge in [0.15, 0.2) is 0 Å². The molecule has 1 aromatic carbocycles. The van der Waals surface area contributed by atoms with E-state index < -0.39 is 5.97 Å². The Morgan fingerprint density at radius 3 is 2.75 bits per heavy atom. The van der Waals surface area contributed by atoms with Crippen molar-refractivity contribution in [3.05, 3.63) is 35.9 Å². The van der Waals surface area contributed by atoms with Crippen molar-refractivity contribution in [3.8, 4) is 5.88 Å². The molecule has 0 saturated heterocycles. The third-order valence-corrected chi connectivity index (χ3v) is 2.74. The van der Waals surface area contributed by atoms with Gasteiger partial charge in [-0.1, -0.05) is 32.0 Å². The quantitative estimate of drug-likeness (QED) is 0.783. The van der Waals surface area contributed by atoms with Crippen LogP contribution < -0.4 is 4.74 Å². The molecule has 4 heteroatoms. The third kappa shape index (κ3) is 3.26. The molecule has 0 bridgehead atoms. The van der Waals surface area contributed by atoms with Gasteiger partial charge in [-0.15, -0.1) is 0 Å². The molecule has 1 heterocycles. The molecule has 0 unspecified atom stereocenters. The molecular formula is C16H19NO3. The van der Waals surface area contributed by atoms with Crippen LogP contribution in [0.3, 0.4) is 0 Å². The number of aromatic nitrogens is 1. The zero-order valence-electron chi connectivity index (χ0n) is 12.1. The van der Waals surface area contributed by atoms with Gasteiger partial charge in [0.05, 0.1) is 18.7 Å². The molecule has 0 N–H and O–H groups in total. The van der Waals surface area contributed by atoms with Crippen LogP contribution in [0.2, 0.25) is 0 Å². The molecule has 0 spiro atoms. The molecule has 0 atom stereocenters. The number of hydrogen-bond donors (Lipinski definition) is 0. The summed E-state index contributed by atoms with van der Waals surface area (Å²) in [6, 6.07) is 9.40. The largest absolute Gasteiger partial charge is 0.477 e. The monoisotopic (exact) mass is 273 g/mol. The normalized spacial score (nSPS) is 10.8. The Morgan fingerprint density at radius 2 is 2.05 bits per heavy atom. The number of fused-ring (bicyclic) bond motifs is 1. The lowest BCUT2D eigenvalue weighted by molar-refractivity contribution is 0.0520. The van der Waals surface area contributed by atoms with Crippen molar-refractivity contribution in [1.82, 2.24) is 4.98 Å². The lowest BCUT2D eigenvalue weighted by atomic mass is 10.1. The number of carbonyl (C=O) groups is 1. The van der Waals surface area contributed by atoms with E-state index in [0.717, 1.165) is 10.9 Å². The molecule has 20 heavy (non-hydrogen) atoms. The first-order chi connectivity index (χ1) is 9.61. The molecule has 1 aromatic heterocycles. The van der Waals surface area contributed by atoms with E-state index in [1.807, 2.05) is 38.1 Å². The highest BCUT2D eigenvalue weighted by Crippen LogP contribution is 2.23. The molecule has 0 aliphatic carbocycles. The van der Waals surface area contributed by atoms with Crippen molar-refractivity contribution < 1.29 is 14.3 Å². The average Bonchev–Trinajstić information content (AvgIpc) is 2.44. The average molecular weight is 273 g/mol. The predicted octanol–water partition coefficient (Wildman–Crippen LogP) is 3.45. The van der Waals surface area contributed by atoms with Crippen molar-refractivity contribution >= 4 is 16.9 Å². The van der Waals surface area contributed by atoms with Crippen LogP contribution in [-0.2, 0) is 4.74 Å². The summed E-state index contributed by atoms with van der Waals surface area (Å²) in [6.45, 7) is 6.71. The number of ether oxygens (including phenoxy) is 2. The van der Waals surface area contributed by atoms with E-state index in [1.54, 1.807) is 13.0 Å². The Kier molecular flexibility index (Phi) is 4.56. The Hall–Kier alpha value is -2.10. The summed E-state index contributed by atoms with van der Waals surface area (Å²) in [5, 5.41) is 0.896. The number of nitrogens with zero attached hydrogens (tertiary/aromatic N) is 1. The van der Waals surface area contributed by atoms with Crippen LogP contribution in [0.5, 0.6) is 5.88 Å². The maximum atomic E-state index is 12.0. The Bertz CT molecular complexity index is 608. The summed E-state index contributed by atoms with van der Waals surface area (Å²) >= 11 is 0. The topological polar surface area (TPSA) is 48.4 Å². The number of hydrogen-bond acceptors (Lipinski definition) is 4. The standard InChI is InChI=1S/C16H19NO3/c1-4-19-16(18)13-9-12-7-5-6-8-14(12)17-15(13)20-10-11(2)3/h5-9,11H,4,10H2,1-3H3. The van der Waals surface area contributed by atoms with Crippen molar-refractivity contribution in [1.29, 1.82) is 0 Å². The number of pyridine rings is 1. The van der Waals surface area contributed by atoms with Crippen LogP contribution in [0.15, 0.2) is 30.3 Å². The molecular weight excluding hydrogens is 254 g/mol. The number of carbonyl (C=O) groups excluding carboxylic acids is 1. The van der Waals surface area contributed by atoms with Gasteiger partial charge in [0.2, 0.25) is 5.88 Å². The van der Waals surface area contributed by atoms with Gasteiger partial charge < -0.3 is 9.47 Å². The maximum Gasteiger partial charge on any atom is 0.343 e. The summed E-state index contributed by atoms with van der Waals surface area (Å²) in [5.41, 5.74) is 1.19. The second-order valence-electron chi connectivity index (χ2n) is 4.96. The highest BCUT2D eigenvalue weighted by Gasteiger charge is 2.17. The molecule has 2 aromatic rings. The van der Waals surface area contributed by atoms with Gasteiger partial charge in [-0.3, -0.25) is 0 Å². The van der Waals surface area contributed by atoms with Gasteiger partial charge in [-0.2, -0.15) is 0 Å². The van der Waals surface area contributed by atoms with Gasteiger partial charge in [0.25, 0.3) is 0 Å². The van der Waals surface area contributed by atoms with Gasteiger partial charge in [-0.25, -0.2) is 9.78 Å². The molecule has 0 amide bonds. The van der Waals surface area contributed by atoms with Gasteiger partial charge >= 0.3 is 5.97 Å². The van der Waals surface area contributed by atoms with E-state index in [2.05, 4.69) is 4.98 Å². The smallest absolute Gasteiger partial charge is 0.343 e. The van der Waals surface area contributed by atoms with E-state index in [4.69, 9.17) is 9.47 Å². The summed E-state index contributed by atoms with van der Waals surface area (Å²) < 4.78 is 10.7. The second-order valence-corrected chi connectivity index (χ2v) is 4.96. The van der Waals surface area contributed by atoms with Gasteiger partial charge in [-0.05, 0) is 25.0 Å². The Morgan fingerprint density at radius 1 is 1.30 bits per heavy atom. The fraction of sp³-hybridized carbons (Fsp3) is 0.375. The number of para-hydroxylation sites is 1. The molecule has 0 aliphatic rings. The minimum atomic E-state index is -0.399. The van der Waals surface area contributed by atoms with Crippen molar-refractivity contribution in [2.75, 3.05) is 13.2 Å². The minimum absolute atomic E-state index is 0.329. The lowest BCUT2D eigenvalue weighted by Crippen LogP contribution is -2.12. The number of esters is 1. The Balaban J connectivity index is 2.44. The SMILES string of the molecule is CCOC(=O)c1cc2ccccc2nc1OCC(C)C. The molecule has 0 aliphatic heterocycles. The molecule has 106 valence electrons. The van der Waals surface area contributed by atoms with Crippen molar-refractivity contribution in [2.24, 2.45) is 5.92 Å². The highest BCUT2D eigenvalue weighted by atomic mass is 16.5. The van der Waals surface area contributed by atoms with E-state index >= 15 is 0 Å². The summed E-state index contributed by atoms with van der Waals surface area (Å²) in [4.78, 5) is 16.4.